The number of fused-ring (bicyclic) bond motifs is 1. The predicted octanol–water partition coefficient (Wildman–Crippen LogP) is 6.56. The molecule has 0 aliphatic rings. The molecule has 5 rings (SSSR count). The zero-order chi connectivity index (χ0) is 23.3. The fraction of sp³-hybridized carbons (Fsp3) is 0.167. The number of rotatable bonds is 4. The SMILES string of the molecule is COc1ccccc1-c1cc(C(F)(F)F)n2nc(-c3sccc3-n3c(C)ccc3C)cc2n1. The molecule has 0 bridgehead atoms. The second kappa shape index (κ2) is 7.77. The molecule has 4 aromatic heterocycles. The Balaban J connectivity index is 1.73. The summed E-state index contributed by atoms with van der Waals surface area (Å²) in [5, 5.41) is 6.24. The fourth-order valence-corrected chi connectivity index (χ4v) is 4.83. The van der Waals surface area contributed by atoms with Gasteiger partial charge in [0.15, 0.2) is 11.3 Å². The van der Waals surface area contributed by atoms with Gasteiger partial charge in [0.25, 0.3) is 0 Å². The summed E-state index contributed by atoms with van der Waals surface area (Å²) in [7, 11) is 1.47. The Labute approximate surface area is 191 Å². The van der Waals surface area contributed by atoms with Gasteiger partial charge in [0, 0.05) is 23.0 Å². The van der Waals surface area contributed by atoms with Crippen LogP contribution in [0.2, 0.25) is 0 Å². The van der Waals surface area contributed by atoms with Gasteiger partial charge in [-0.1, -0.05) is 12.1 Å². The van der Waals surface area contributed by atoms with Gasteiger partial charge in [-0.2, -0.15) is 18.3 Å². The lowest BCUT2D eigenvalue weighted by molar-refractivity contribution is -0.142. The van der Waals surface area contributed by atoms with Gasteiger partial charge in [0.1, 0.15) is 11.4 Å². The Morgan fingerprint density at radius 2 is 1.67 bits per heavy atom. The van der Waals surface area contributed by atoms with E-state index in [1.54, 1.807) is 30.3 Å². The number of thiophene rings is 1. The minimum atomic E-state index is -4.62. The van der Waals surface area contributed by atoms with Crippen LogP contribution in [-0.4, -0.2) is 26.3 Å². The van der Waals surface area contributed by atoms with Crippen molar-refractivity contribution in [1.82, 2.24) is 19.2 Å². The first kappa shape index (κ1) is 21.3. The van der Waals surface area contributed by atoms with Crippen LogP contribution in [0.3, 0.4) is 0 Å². The van der Waals surface area contributed by atoms with Crippen LogP contribution in [0.15, 0.2) is 60.0 Å². The maximum atomic E-state index is 14.0. The van der Waals surface area contributed by atoms with Crippen LogP contribution in [0, 0.1) is 13.8 Å². The Bertz CT molecular complexity index is 1460. The maximum absolute atomic E-state index is 14.0. The standard InChI is InChI=1S/C24H19F3N4OS/c1-14-8-9-15(2)30(14)19-10-11-33-23(19)18-13-22-28-17(16-6-4-5-7-20(16)32-3)12-21(24(25,26)27)31(22)29-18/h4-13H,1-3H3. The number of alkyl halides is 3. The molecule has 168 valence electrons. The molecular formula is C24H19F3N4OS. The molecule has 0 fully saturated rings. The highest BCUT2D eigenvalue weighted by Crippen LogP contribution is 2.38. The van der Waals surface area contributed by atoms with Gasteiger partial charge in [0.05, 0.1) is 23.4 Å². The molecule has 5 aromatic rings. The lowest BCUT2D eigenvalue weighted by Gasteiger charge is -2.12. The normalized spacial score (nSPS) is 11.9. The number of benzene rings is 1. The van der Waals surface area contributed by atoms with Crippen molar-refractivity contribution in [2.75, 3.05) is 7.11 Å². The van der Waals surface area contributed by atoms with Crippen LogP contribution in [0.1, 0.15) is 17.1 Å². The smallest absolute Gasteiger partial charge is 0.433 e. The number of methoxy groups -OCH3 is 1. The average molecular weight is 469 g/mol. The Kier molecular flexibility index (Phi) is 5.01. The highest BCUT2D eigenvalue weighted by molar-refractivity contribution is 7.14. The summed E-state index contributed by atoms with van der Waals surface area (Å²) >= 11 is 1.43. The van der Waals surface area contributed by atoms with Crippen molar-refractivity contribution >= 4 is 17.0 Å². The van der Waals surface area contributed by atoms with E-state index >= 15 is 0 Å². The molecule has 0 unspecified atom stereocenters. The number of hydrogen-bond acceptors (Lipinski definition) is 4. The van der Waals surface area contributed by atoms with E-state index in [4.69, 9.17) is 4.74 Å². The van der Waals surface area contributed by atoms with E-state index in [2.05, 4.69) is 14.6 Å². The number of aryl methyl sites for hydroxylation is 2. The summed E-state index contributed by atoms with van der Waals surface area (Å²) in [6, 6.07) is 15.4. The second-order valence-electron chi connectivity index (χ2n) is 7.61. The topological polar surface area (TPSA) is 44.4 Å². The number of halogens is 3. The van der Waals surface area contributed by atoms with Gasteiger partial charge in [-0.3, -0.25) is 0 Å². The van der Waals surface area contributed by atoms with Crippen molar-refractivity contribution in [2.24, 2.45) is 0 Å². The van der Waals surface area contributed by atoms with Crippen molar-refractivity contribution in [2.45, 2.75) is 20.0 Å². The number of aromatic nitrogens is 4. The highest BCUT2D eigenvalue weighted by atomic mass is 32.1. The van der Waals surface area contributed by atoms with E-state index in [1.807, 2.05) is 37.4 Å². The molecule has 0 amide bonds. The molecule has 0 aliphatic carbocycles. The lowest BCUT2D eigenvalue weighted by atomic mass is 10.1. The van der Waals surface area contributed by atoms with E-state index in [9.17, 15) is 13.2 Å². The third kappa shape index (κ3) is 3.58. The third-order valence-electron chi connectivity index (χ3n) is 5.49. The van der Waals surface area contributed by atoms with Crippen LogP contribution in [-0.2, 0) is 6.18 Å². The zero-order valence-electron chi connectivity index (χ0n) is 18.0. The fourth-order valence-electron chi connectivity index (χ4n) is 4.00. The average Bonchev–Trinajstić information content (AvgIpc) is 3.50. The molecule has 9 heteroatoms. The van der Waals surface area contributed by atoms with E-state index in [1.165, 1.54) is 18.4 Å². The first-order valence-electron chi connectivity index (χ1n) is 10.1. The van der Waals surface area contributed by atoms with Crippen molar-refractivity contribution in [3.63, 3.8) is 0 Å². The molecule has 0 saturated heterocycles. The number of para-hydroxylation sites is 1. The summed E-state index contributed by atoms with van der Waals surface area (Å²) in [5.41, 5.74) is 3.23. The summed E-state index contributed by atoms with van der Waals surface area (Å²) in [4.78, 5) is 5.28. The largest absolute Gasteiger partial charge is 0.496 e. The molecule has 4 heterocycles. The van der Waals surface area contributed by atoms with Crippen molar-refractivity contribution in [3.8, 4) is 33.3 Å². The molecule has 0 aliphatic heterocycles. The van der Waals surface area contributed by atoms with Gasteiger partial charge in [-0.25, -0.2) is 9.50 Å². The number of ether oxygens (including phenoxy) is 1. The van der Waals surface area contributed by atoms with Crippen molar-refractivity contribution in [3.05, 3.63) is 77.1 Å². The minimum absolute atomic E-state index is 0.112. The van der Waals surface area contributed by atoms with Crippen LogP contribution in [0.4, 0.5) is 13.2 Å². The Morgan fingerprint density at radius 1 is 0.939 bits per heavy atom. The summed E-state index contributed by atoms with van der Waals surface area (Å²) < 4.78 is 50.4. The first-order valence-corrected chi connectivity index (χ1v) is 11.0. The quantitative estimate of drug-likeness (QED) is 0.300. The molecule has 0 N–H and O–H groups in total. The van der Waals surface area contributed by atoms with Crippen molar-refractivity contribution < 1.29 is 17.9 Å². The van der Waals surface area contributed by atoms with Gasteiger partial charge < -0.3 is 9.30 Å². The van der Waals surface area contributed by atoms with Crippen LogP contribution in [0.5, 0.6) is 5.75 Å². The molecule has 1 aromatic carbocycles. The van der Waals surface area contributed by atoms with Gasteiger partial charge in [0.2, 0.25) is 0 Å². The molecule has 5 nitrogen and oxygen atoms in total. The second-order valence-corrected chi connectivity index (χ2v) is 8.53. The van der Waals surface area contributed by atoms with Crippen LogP contribution < -0.4 is 4.74 Å². The predicted molar refractivity (Wildman–Crippen MR) is 122 cm³/mol. The summed E-state index contributed by atoms with van der Waals surface area (Å²) in [6.07, 6.45) is -4.62. The van der Waals surface area contributed by atoms with Gasteiger partial charge >= 0.3 is 6.18 Å². The van der Waals surface area contributed by atoms with Gasteiger partial charge in [-0.15, -0.1) is 11.3 Å². The van der Waals surface area contributed by atoms with E-state index in [-0.39, 0.29) is 11.3 Å². The number of hydrogen-bond donors (Lipinski definition) is 0. The zero-order valence-corrected chi connectivity index (χ0v) is 18.8. The maximum Gasteiger partial charge on any atom is 0.433 e. The summed E-state index contributed by atoms with van der Waals surface area (Å²) in [6.45, 7) is 3.97. The Hall–Kier alpha value is -3.59. The van der Waals surface area contributed by atoms with Crippen LogP contribution >= 0.6 is 11.3 Å². The van der Waals surface area contributed by atoms with E-state index in [0.29, 0.717) is 17.0 Å². The van der Waals surface area contributed by atoms with E-state index in [0.717, 1.165) is 32.5 Å². The molecule has 0 atom stereocenters. The van der Waals surface area contributed by atoms with Crippen LogP contribution in [0.25, 0.3) is 33.2 Å². The van der Waals surface area contributed by atoms with E-state index < -0.39 is 11.9 Å². The first-order chi connectivity index (χ1) is 15.8. The van der Waals surface area contributed by atoms with Crippen molar-refractivity contribution in [1.29, 1.82) is 0 Å². The monoisotopic (exact) mass is 468 g/mol. The highest BCUT2D eigenvalue weighted by Gasteiger charge is 2.36. The Morgan fingerprint density at radius 3 is 2.36 bits per heavy atom. The van der Waals surface area contributed by atoms with Gasteiger partial charge in [-0.05, 0) is 55.6 Å². The molecule has 33 heavy (non-hydrogen) atoms. The summed E-state index contributed by atoms with van der Waals surface area (Å²) in [5.74, 6) is 0.446. The molecule has 0 radical (unpaired) electrons. The third-order valence-corrected chi connectivity index (χ3v) is 6.42. The molecule has 0 saturated carbocycles. The molecule has 0 spiro atoms. The lowest BCUT2D eigenvalue weighted by Crippen LogP contribution is -2.13. The molecular weight excluding hydrogens is 449 g/mol. The number of nitrogens with zero attached hydrogens (tertiary/aromatic N) is 4. The minimum Gasteiger partial charge on any atom is -0.496 e.